The van der Waals surface area contributed by atoms with Crippen LogP contribution >= 0.6 is 0 Å². The van der Waals surface area contributed by atoms with E-state index in [4.69, 9.17) is 30.6 Å². The number of phenolic OH excluding ortho intramolecular Hbond substituents is 1. The molecule has 0 spiro atoms. The fourth-order valence-electron chi connectivity index (χ4n) is 8.90. The van der Waals surface area contributed by atoms with Crippen molar-refractivity contribution >= 4 is 27.5 Å². The minimum absolute atomic E-state index is 0.0301. The number of piperidine rings is 1. The molecule has 2 aromatic carbocycles. The van der Waals surface area contributed by atoms with Crippen molar-refractivity contribution in [1.82, 2.24) is 19.9 Å². The molecule has 0 amide bonds. The Hall–Kier alpha value is -4.11. The highest BCUT2D eigenvalue weighted by atomic mass is 19.1. The van der Waals surface area contributed by atoms with Gasteiger partial charge >= 0.3 is 6.01 Å². The first kappa shape index (κ1) is 33.1. The van der Waals surface area contributed by atoms with Gasteiger partial charge < -0.3 is 24.2 Å². The second-order valence-electron chi connectivity index (χ2n) is 14.7. The molecule has 50 heavy (non-hydrogen) atoms. The summed E-state index contributed by atoms with van der Waals surface area (Å²) in [7, 11) is 1.79. The molecular weight excluding hydrogens is 640 g/mol. The standard InChI is InChI=1S/C39H43F2N5O4/c1-3-27-30(40)9-8-25-19-26(47)20-28(32(25)27)34-33(41)35-29(21-42-34)36(45-15-6-17-49-18-16-45)44-37(43-35)50-24-39-10-4-7-31(39)46(14-5-11-39)22-38(12-13-38)23-48-2/h1,8-9,19-21,31,47H,4-7,10-18,22-24H2,2H3/t31-,39-/m1/s1. The third-order valence-corrected chi connectivity index (χ3v) is 11.5. The van der Waals surface area contributed by atoms with Gasteiger partial charge in [-0.15, -0.1) is 6.42 Å². The summed E-state index contributed by atoms with van der Waals surface area (Å²) >= 11 is 0. The number of nitrogens with zero attached hydrogens (tertiary/aromatic N) is 5. The van der Waals surface area contributed by atoms with Crippen LogP contribution in [0.15, 0.2) is 30.5 Å². The van der Waals surface area contributed by atoms with Gasteiger partial charge in [0.1, 0.15) is 28.6 Å². The molecule has 0 radical (unpaired) electrons. The number of fused-ring (bicyclic) bond motifs is 3. The van der Waals surface area contributed by atoms with Crippen LogP contribution in [0.1, 0.15) is 56.9 Å². The van der Waals surface area contributed by atoms with Gasteiger partial charge in [0, 0.05) is 67.4 Å². The smallest absolute Gasteiger partial charge is 0.319 e. The van der Waals surface area contributed by atoms with Gasteiger partial charge in [-0.2, -0.15) is 9.97 Å². The molecule has 2 aromatic heterocycles. The average Bonchev–Trinajstić information content (AvgIpc) is 3.81. The molecule has 11 heteroatoms. The van der Waals surface area contributed by atoms with E-state index in [0.29, 0.717) is 55.5 Å². The largest absolute Gasteiger partial charge is 0.508 e. The second-order valence-corrected chi connectivity index (χ2v) is 14.7. The van der Waals surface area contributed by atoms with E-state index in [1.54, 1.807) is 13.3 Å². The van der Waals surface area contributed by atoms with E-state index >= 15 is 4.39 Å². The Morgan fingerprint density at radius 1 is 1.04 bits per heavy atom. The zero-order valence-corrected chi connectivity index (χ0v) is 28.5. The zero-order valence-electron chi connectivity index (χ0n) is 28.5. The van der Waals surface area contributed by atoms with Gasteiger partial charge in [0.25, 0.3) is 0 Å². The number of aromatic hydroxyl groups is 1. The number of benzene rings is 2. The molecule has 0 bridgehead atoms. The van der Waals surface area contributed by atoms with Gasteiger partial charge in [0.2, 0.25) is 0 Å². The Labute approximate surface area is 291 Å². The van der Waals surface area contributed by atoms with Crippen molar-refractivity contribution in [3.63, 3.8) is 0 Å². The van der Waals surface area contributed by atoms with Crippen molar-refractivity contribution < 1.29 is 28.1 Å². The molecule has 1 N–H and O–H groups in total. The van der Waals surface area contributed by atoms with E-state index in [2.05, 4.69) is 20.7 Å². The first-order chi connectivity index (χ1) is 24.3. The molecule has 2 aliphatic carbocycles. The Balaban J connectivity index is 1.19. The van der Waals surface area contributed by atoms with E-state index in [1.165, 1.54) is 37.1 Å². The van der Waals surface area contributed by atoms with Gasteiger partial charge in [-0.1, -0.05) is 18.4 Å². The number of methoxy groups -OCH3 is 1. The first-order valence-electron chi connectivity index (χ1n) is 17.8. The van der Waals surface area contributed by atoms with Crippen LogP contribution in [0.3, 0.4) is 0 Å². The number of rotatable bonds is 9. The van der Waals surface area contributed by atoms with Crippen LogP contribution < -0.4 is 9.64 Å². The molecule has 9 nitrogen and oxygen atoms in total. The Kier molecular flexibility index (Phi) is 8.74. The second kappa shape index (κ2) is 13.2. The van der Waals surface area contributed by atoms with E-state index in [-0.39, 0.29) is 50.3 Å². The van der Waals surface area contributed by atoms with Gasteiger partial charge in [0.05, 0.1) is 30.8 Å². The molecule has 8 rings (SSSR count). The highest BCUT2D eigenvalue weighted by molar-refractivity contribution is 6.03. The third kappa shape index (κ3) is 5.91. The molecule has 4 aliphatic rings. The van der Waals surface area contributed by atoms with Crippen molar-refractivity contribution in [2.24, 2.45) is 10.8 Å². The number of halogens is 2. The topological polar surface area (TPSA) is 93.1 Å². The Bertz CT molecular complexity index is 1970. The summed E-state index contributed by atoms with van der Waals surface area (Å²) in [4.78, 5) is 18.9. The lowest BCUT2D eigenvalue weighted by atomic mass is 9.75. The highest BCUT2D eigenvalue weighted by Gasteiger charge is 2.52. The molecule has 0 unspecified atom stereocenters. The average molecular weight is 684 g/mol. The number of hydrogen-bond donors (Lipinski definition) is 1. The van der Waals surface area contributed by atoms with Crippen LogP contribution in [0.25, 0.3) is 32.9 Å². The van der Waals surface area contributed by atoms with Gasteiger partial charge in [0.15, 0.2) is 5.82 Å². The number of phenols is 1. The van der Waals surface area contributed by atoms with Gasteiger partial charge in [-0.25, -0.2) is 8.78 Å². The molecule has 2 saturated heterocycles. The Morgan fingerprint density at radius 2 is 1.90 bits per heavy atom. The van der Waals surface area contributed by atoms with E-state index in [0.717, 1.165) is 58.2 Å². The lowest BCUT2D eigenvalue weighted by Crippen LogP contribution is -2.53. The fourth-order valence-corrected chi connectivity index (χ4v) is 8.90. The molecular formula is C39H43F2N5O4. The van der Waals surface area contributed by atoms with E-state index in [1.807, 2.05) is 0 Å². The highest BCUT2D eigenvalue weighted by Crippen LogP contribution is 2.52. The van der Waals surface area contributed by atoms with Crippen LogP contribution in [0.4, 0.5) is 14.6 Å². The number of ether oxygens (including phenoxy) is 3. The molecule has 262 valence electrons. The maximum absolute atomic E-state index is 16.9. The molecule has 4 fully saturated rings. The Morgan fingerprint density at radius 3 is 2.72 bits per heavy atom. The fraction of sp³-hybridized carbons (Fsp3) is 0.513. The third-order valence-electron chi connectivity index (χ3n) is 11.5. The predicted octanol–water partition coefficient (Wildman–Crippen LogP) is 6.48. The predicted molar refractivity (Wildman–Crippen MR) is 187 cm³/mol. The first-order valence-corrected chi connectivity index (χ1v) is 17.8. The molecule has 4 heterocycles. The zero-order chi connectivity index (χ0) is 34.5. The summed E-state index contributed by atoms with van der Waals surface area (Å²) in [5, 5.41) is 11.8. The van der Waals surface area contributed by atoms with Crippen LogP contribution in [0.5, 0.6) is 11.8 Å². The van der Waals surface area contributed by atoms with Gasteiger partial charge in [-0.3, -0.25) is 9.88 Å². The molecule has 4 aromatic rings. The number of aromatic nitrogens is 3. The molecule has 2 aliphatic heterocycles. The number of terminal acetylenes is 1. The number of hydrogen-bond acceptors (Lipinski definition) is 9. The SMILES string of the molecule is C#Cc1c(F)ccc2cc(O)cc(-c3ncc4c(N5CCCOCC5)nc(OC[C@]56CCC[C@H]5N(CC5(COC)CC5)CCC6)nc4c3F)c12. The van der Waals surface area contributed by atoms with Crippen molar-refractivity contribution in [3.8, 4) is 35.4 Å². The minimum Gasteiger partial charge on any atom is -0.508 e. The van der Waals surface area contributed by atoms with Crippen molar-refractivity contribution in [2.75, 3.05) is 64.6 Å². The van der Waals surface area contributed by atoms with Crippen molar-refractivity contribution in [1.29, 1.82) is 0 Å². The molecule has 2 saturated carbocycles. The summed E-state index contributed by atoms with van der Waals surface area (Å²) in [5.41, 5.74) is 0.320. The minimum atomic E-state index is -0.727. The maximum Gasteiger partial charge on any atom is 0.319 e. The normalized spacial score (nSPS) is 23.5. The summed E-state index contributed by atoms with van der Waals surface area (Å²) < 4.78 is 49.7. The van der Waals surface area contributed by atoms with Crippen LogP contribution in [0.2, 0.25) is 0 Å². The summed E-state index contributed by atoms with van der Waals surface area (Å²) in [6.45, 7) is 5.76. The summed E-state index contributed by atoms with van der Waals surface area (Å²) in [6.07, 6.45) is 16.0. The lowest BCUT2D eigenvalue weighted by molar-refractivity contribution is -0.0172. The van der Waals surface area contributed by atoms with Crippen molar-refractivity contribution in [2.45, 2.75) is 57.4 Å². The number of anilines is 1. The van der Waals surface area contributed by atoms with E-state index in [9.17, 15) is 9.50 Å². The van der Waals surface area contributed by atoms with Crippen LogP contribution in [0, 0.1) is 34.8 Å². The number of likely N-dealkylation sites (tertiary alicyclic amines) is 1. The van der Waals surface area contributed by atoms with Gasteiger partial charge in [-0.05, 0) is 75.1 Å². The lowest BCUT2D eigenvalue weighted by Gasteiger charge is -2.47. The van der Waals surface area contributed by atoms with Crippen molar-refractivity contribution in [3.05, 3.63) is 47.7 Å². The van der Waals surface area contributed by atoms with Crippen LogP contribution in [-0.2, 0) is 9.47 Å². The maximum atomic E-state index is 16.9. The summed E-state index contributed by atoms with van der Waals surface area (Å²) in [5.74, 6) is 1.47. The monoisotopic (exact) mass is 683 g/mol. The number of pyridine rings is 1. The molecule has 2 atom stereocenters. The quantitative estimate of drug-likeness (QED) is 0.199. The van der Waals surface area contributed by atoms with Crippen LogP contribution in [-0.4, -0.2) is 90.7 Å². The summed E-state index contributed by atoms with van der Waals surface area (Å²) in [6, 6.07) is 6.09. The van der Waals surface area contributed by atoms with E-state index < -0.39 is 11.6 Å².